The standard InChI is InChI=1S/C20H19N3O3/c1-12-8-13(2)23-19(22-12)17-5-3-4-14-9-16(26-18(14)17)10-21-20(24)15-6-7-25-11-15/h3-8,11,16H,9-10H2,1-2H3,(H,21,24)/t16-/m1/s1. The van der Waals surface area contributed by atoms with Crippen LogP contribution in [0.5, 0.6) is 5.75 Å². The van der Waals surface area contributed by atoms with Crippen LogP contribution in [0.1, 0.15) is 27.3 Å². The second kappa shape index (κ2) is 6.63. The average Bonchev–Trinajstić information content (AvgIpc) is 3.27. The number of para-hydroxylation sites is 1. The van der Waals surface area contributed by atoms with Crippen molar-refractivity contribution in [1.29, 1.82) is 0 Å². The molecule has 1 N–H and O–H groups in total. The molecule has 3 aromatic rings. The minimum atomic E-state index is -0.170. The Morgan fingerprint density at radius 3 is 2.77 bits per heavy atom. The number of fused-ring (bicyclic) bond motifs is 1. The van der Waals surface area contributed by atoms with Crippen LogP contribution in [0.15, 0.2) is 47.3 Å². The van der Waals surface area contributed by atoms with Crippen LogP contribution in [0.4, 0.5) is 0 Å². The van der Waals surface area contributed by atoms with Crippen LogP contribution in [0, 0.1) is 13.8 Å². The Labute approximate surface area is 151 Å². The molecule has 1 aliphatic heterocycles. The molecule has 6 heteroatoms. The fraction of sp³-hybridized carbons (Fsp3) is 0.250. The predicted molar refractivity (Wildman–Crippen MR) is 96.1 cm³/mol. The number of aromatic nitrogens is 2. The molecule has 0 aliphatic carbocycles. The molecule has 1 aliphatic rings. The summed E-state index contributed by atoms with van der Waals surface area (Å²) < 4.78 is 11.1. The van der Waals surface area contributed by atoms with Crippen molar-refractivity contribution in [3.05, 3.63) is 65.4 Å². The first-order chi connectivity index (χ1) is 12.6. The Hall–Kier alpha value is -3.15. The lowest BCUT2D eigenvalue weighted by Crippen LogP contribution is -2.34. The van der Waals surface area contributed by atoms with Crippen molar-refractivity contribution in [3.8, 4) is 17.1 Å². The van der Waals surface area contributed by atoms with Gasteiger partial charge in [-0.15, -0.1) is 0 Å². The number of carbonyl (C=O) groups is 1. The van der Waals surface area contributed by atoms with Crippen LogP contribution in [-0.4, -0.2) is 28.5 Å². The summed E-state index contributed by atoms with van der Waals surface area (Å²) in [6.45, 7) is 4.33. The minimum absolute atomic E-state index is 0.118. The van der Waals surface area contributed by atoms with Gasteiger partial charge in [-0.05, 0) is 37.6 Å². The number of ether oxygens (including phenoxy) is 1. The zero-order valence-corrected chi connectivity index (χ0v) is 14.7. The van der Waals surface area contributed by atoms with Gasteiger partial charge in [-0.3, -0.25) is 4.79 Å². The summed E-state index contributed by atoms with van der Waals surface area (Å²) in [4.78, 5) is 21.1. The smallest absolute Gasteiger partial charge is 0.254 e. The van der Waals surface area contributed by atoms with Crippen molar-refractivity contribution in [3.63, 3.8) is 0 Å². The lowest BCUT2D eigenvalue weighted by atomic mass is 10.1. The molecule has 0 saturated heterocycles. The highest BCUT2D eigenvalue weighted by molar-refractivity contribution is 5.93. The van der Waals surface area contributed by atoms with Crippen molar-refractivity contribution in [2.24, 2.45) is 0 Å². The number of amides is 1. The van der Waals surface area contributed by atoms with E-state index in [1.165, 1.54) is 12.5 Å². The van der Waals surface area contributed by atoms with Gasteiger partial charge in [-0.1, -0.05) is 12.1 Å². The molecule has 0 unspecified atom stereocenters. The van der Waals surface area contributed by atoms with Gasteiger partial charge in [0.05, 0.1) is 23.9 Å². The Morgan fingerprint density at radius 1 is 1.23 bits per heavy atom. The number of furan rings is 1. The fourth-order valence-corrected chi connectivity index (χ4v) is 3.18. The molecule has 0 fully saturated rings. The van der Waals surface area contributed by atoms with E-state index in [0.29, 0.717) is 17.9 Å². The van der Waals surface area contributed by atoms with Crippen LogP contribution in [0.2, 0.25) is 0 Å². The molecule has 0 spiro atoms. The zero-order chi connectivity index (χ0) is 18.1. The van der Waals surface area contributed by atoms with E-state index in [1.54, 1.807) is 6.07 Å². The molecule has 0 radical (unpaired) electrons. The largest absolute Gasteiger partial charge is 0.487 e. The monoisotopic (exact) mass is 349 g/mol. The van der Waals surface area contributed by atoms with Gasteiger partial charge in [0.15, 0.2) is 5.82 Å². The Bertz CT molecular complexity index is 931. The first-order valence-electron chi connectivity index (χ1n) is 8.52. The van der Waals surface area contributed by atoms with Crippen LogP contribution in [0.25, 0.3) is 11.4 Å². The summed E-state index contributed by atoms with van der Waals surface area (Å²) in [5.74, 6) is 1.30. The lowest BCUT2D eigenvalue weighted by molar-refractivity contribution is 0.0933. The molecule has 1 aromatic carbocycles. The van der Waals surface area contributed by atoms with Crippen molar-refractivity contribution < 1.29 is 13.9 Å². The van der Waals surface area contributed by atoms with Crippen LogP contribution < -0.4 is 10.1 Å². The van der Waals surface area contributed by atoms with Crippen LogP contribution in [-0.2, 0) is 6.42 Å². The number of hydrogen-bond acceptors (Lipinski definition) is 5. The molecular weight excluding hydrogens is 330 g/mol. The molecule has 6 nitrogen and oxygen atoms in total. The number of rotatable bonds is 4. The van der Waals surface area contributed by atoms with Gasteiger partial charge in [0.1, 0.15) is 18.1 Å². The van der Waals surface area contributed by atoms with Gasteiger partial charge in [0.2, 0.25) is 0 Å². The second-order valence-corrected chi connectivity index (χ2v) is 6.43. The quantitative estimate of drug-likeness (QED) is 0.783. The SMILES string of the molecule is Cc1cc(C)nc(-c2cccc3c2O[C@@H](CNC(=O)c2ccoc2)C3)n1. The van der Waals surface area contributed by atoms with Gasteiger partial charge < -0.3 is 14.5 Å². The molecule has 0 bridgehead atoms. The molecule has 132 valence electrons. The summed E-state index contributed by atoms with van der Waals surface area (Å²) >= 11 is 0. The average molecular weight is 349 g/mol. The Kier molecular flexibility index (Phi) is 4.16. The van der Waals surface area contributed by atoms with Crippen molar-refractivity contribution in [2.45, 2.75) is 26.4 Å². The summed E-state index contributed by atoms with van der Waals surface area (Å²) in [7, 11) is 0. The van der Waals surface area contributed by atoms with Crippen molar-refractivity contribution >= 4 is 5.91 Å². The second-order valence-electron chi connectivity index (χ2n) is 6.43. The van der Waals surface area contributed by atoms with Gasteiger partial charge >= 0.3 is 0 Å². The molecule has 26 heavy (non-hydrogen) atoms. The molecule has 1 amide bonds. The van der Waals surface area contributed by atoms with Crippen molar-refractivity contribution in [2.75, 3.05) is 6.54 Å². The fourth-order valence-electron chi connectivity index (χ4n) is 3.18. The van der Waals surface area contributed by atoms with E-state index in [4.69, 9.17) is 9.15 Å². The highest BCUT2D eigenvalue weighted by atomic mass is 16.5. The van der Waals surface area contributed by atoms with Gasteiger partial charge in [-0.2, -0.15) is 0 Å². The Balaban J connectivity index is 1.51. The third-order valence-corrected chi connectivity index (χ3v) is 4.33. The van der Waals surface area contributed by atoms with Crippen LogP contribution >= 0.6 is 0 Å². The normalized spacial score (nSPS) is 15.4. The lowest BCUT2D eigenvalue weighted by Gasteiger charge is -2.13. The number of benzene rings is 1. The molecule has 0 saturated carbocycles. The first kappa shape index (κ1) is 16.3. The molecular formula is C20H19N3O3. The van der Waals surface area contributed by atoms with E-state index in [9.17, 15) is 4.79 Å². The van der Waals surface area contributed by atoms with E-state index in [-0.39, 0.29) is 12.0 Å². The van der Waals surface area contributed by atoms with Gasteiger partial charge in [0.25, 0.3) is 5.91 Å². The Morgan fingerprint density at radius 2 is 2.04 bits per heavy atom. The molecule has 1 atom stereocenters. The summed E-state index contributed by atoms with van der Waals surface area (Å²) in [5, 5.41) is 2.88. The van der Waals surface area contributed by atoms with Crippen molar-refractivity contribution in [1.82, 2.24) is 15.3 Å². The van der Waals surface area contributed by atoms with E-state index < -0.39 is 0 Å². The van der Waals surface area contributed by atoms with E-state index >= 15 is 0 Å². The minimum Gasteiger partial charge on any atom is -0.487 e. The predicted octanol–water partition coefficient (Wildman–Crippen LogP) is 3.09. The maximum Gasteiger partial charge on any atom is 0.254 e. The molecule has 2 aromatic heterocycles. The third-order valence-electron chi connectivity index (χ3n) is 4.33. The summed E-state index contributed by atoms with van der Waals surface area (Å²) in [5.41, 5.74) is 4.34. The van der Waals surface area contributed by atoms with E-state index in [0.717, 1.165) is 34.7 Å². The van der Waals surface area contributed by atoms with Gasteiger partial charge in [0, 0.05) is 17.8 Å². The maximum absolute atomic E-state index is 12.1. The molecule has 4 rings (SSSR count). The van der Waals surface area contributed by atoms with E-state index in [1.807, 2.05) is 38.1 Å². The first-order valence-corrected chi connectivity index (χ1v) is 8.52. The number of aryl methyl sites for hydroxylation is 2. The van der Waals surface area contributed by atoms with Crippen LogP contribution in [0.3, 0.4) is 0 Å². The zero-order valence-electron chi connectivity index (χ0n) is 14.7. The number of nitrogens with zero attached hydrogens (tertiary/aromatic N) is 2. The number of carbonyl (C=O) groups excluding carboxylic acids is 1. The highest BCUT2D eigenvalue weighted by Gasteiger charge is 2.27. The summed E-state index contributed by atoms with van der Waals surface area (Å²) in [6, 6.07) is 9.58. The molecule has 3 heterocycles. The number of nitrogens with one attached hydrogen (secondary N) is 1. The van der Waals surface area contributed by atoms with E-state index in [2.05, 4.69) is 15.3 Å². The summed E-state index contributed by atoms with van der Waals surface area (Å²) in [6.07, 6.45) is 3.52. The third kappa shape index (κ3) is 3.18. The maximum atomic E-state index is 12.1. The number of hydrogen-bond donors (Lipinski definition) is 1. The highest BCUT2D eigenvalue weighted by Crippen LogP contribution is 2.37. The van der Waals surface area contributed by atoms with Gasteiger partial charge in [-0.25, -0.2) is 9.97 Å². The topological polar surface area (TPSA) is 77.2 Å².